The largest absolute Gasteiger partial charge is 0.358 e. The van der Waals surface area contributed by atoms with Crippen LogP contribution in [0.5, 0.6) is 0 Å². The highest BCUT2D eigenvalue weighted by Gasteiger charge is 2.11. The second kappa shape index (κ2) is 4.95. The van der Waals surface area contributed by atoms with Crippen LogP contribution in [0.15, 0.2) is 30.0 Å². The van der Waals surface area contributed by atoms with Gasteiger partial charge in [0.2, 0.25) is 0 Å². The molecule has 4 heteroatoms. The number of hydrogen-bond acceptors (Lipinski definition) is 2. The second-order valence-electron chi connectivity index (χ2n) is 3.74. The van der Waals surface area contributed by atoms with Crippen LogP contribution in [0.4, 0.5) is 10.1 Å². The Balaban J connectivity index is 2.17. The Kier molecular flexibility index (Phi) is 3.58. The van der Waals surface area contributed by atoms with Crippen molar-refractivity contribution in [2.24, 2.45) is 0 Å². The van der Waals surface area contributed by atoms with Crippen molar-refractivity contribution >= 4 is 34.1 Å². The fourth-order valence-corrected chi connectivity index (χ4v) is 2.27. The summed E-state index contributed by atoms with van der Waals surface area (Å²) in [6.45, 7) is 0. The van der Waals surface area contributed by atoms with E-state index in [0.717, 1.165) is 27.8 Å². The molecule has 0 radical (unpaired) electrons. The molecule has 1 N–H and O–H groups in total. The van der Waals surface area contributed by atoms with Crippen molar-refractivity contribution in [2.45, 2.75) is 19.3 Å². The maximum absolute atomic E-state index is 12.9. The quantitative estimate of drug-likeness (QED) is 0.841. The molecule has 1 aliphatic carbocycles. The minimum atomic E-state index is -0.247. The number of halogens is 2. The van der Waals surface area contributed by atoms with E-state index in [9.17, 15) is 9.18 Å². The normalized spacial score (nSPS) is 15.9. The number of ketones is 1. The summed E-state index contributed by atoms with van der Waals surface area (Å²) >= 11 is 2.07. The fraction of sp³-hybridized carbons (Fsp3) is 0.250. The smallest absolute Gasteiger partial charge is 0.157 e. The van der Waals surface area contributed by atoms with Crippen molar-refractivity contribution < 1.29 is 9.18 Å². The van der Waals surface area contributed by atoms with Crippen LogP contribution in [0.3, 0.4) is 0 Å². The van der Waals surface area contributed by atoms with E-state index in [1.807, 2.05) is 0 Å². The number of benzene rings is 1. The lowest BCUT2D eigenvalue weighted by atomic mass is 10.0. The number of nitrogens with one attached hydrogen (secondary N) is 1. The lowest BCUT2D eigenvalue weighted by Gasteiger charge is -2.15. The lowest BCUT2D eigenvalue weighted by molar-refractivity contribution is -0.115. The maximum Gasteiger partial charge on any atom is 0.157 e. The van der Waals surface area contributed by atoms with E-state index in [0.29, 0.717) is 6.42 Å². The molecule has 84 valence electrons. The first-order chi connectivity index (χ1) is 7.65. The van der Waals surface area contributed by atoms with Gasteiger partial charge in [0.05, 0.1) is 5.69 Å². The highest BCUT2D eigenvalue weighted by Crippen LogP contribution is 2.23. The molecular weight excluding hydrogens is 320 g/mol. The van der Waals surface area contributed by atoms with Gasteiger partial charge in [-0.25, -0.2) is 4.39 Å². The molecule has 0 unspecified atom stereocenters. The van der Waals surface area contributed by atoms with E-state index >= 15 is 0 Å². The molecule has 0 bridgehead atoms. The Labute approximate surface area is 107 Å². The molecule has 1 aromatic carbocycles. The number of carbonyl (C=O) groups excluding carboxylic acids is 1. The van der Waals surface area contributed by atoms with Crippen LogP contribution in [0, 0.1) is 9.39 Å². The van der Waals surface area contributed by atoms with Gasteiger partial charge in [0.25, 0.3) is 0 Å². The first-order valence-electron chi connectivity index (χ1n) is 5.10. The summed E-state index contributed by atoms with van der Waals surface area (Å²) in [6.07, 6.45) is 4.03. The van der Waals surface area contributed by atoms with Gasteiger partial charge in [0.1, 0.15) is 5.82 Å². The molecule has 0 heterocycles. The summed E-state index contributed by atoms with van der Waals surface area (Å²) < 4.78 is 13.7. The minimum absolute atomic E-state index is 0.158. The SMILES string of the molecule is O=C1C=C(Nc2ccc(F)cc2I)CCC1. The van der Waals surface area contributed by atoms with Crippen molar-refractivity contribution in [2.75, 3.05) is 5.32 Å². The number of anilines is 1. The summed E-state index contributed by atoms with van der Waals surface area (Å²) in [5.74, 6) is -0.0884. The third-order valence-corrected chi connectivity index (χ3v) is 3.32. The number of rotatable bonds is 2. The van der Waals surface area contributed by atoms with Crippen molar-refractivity contribution in [1.29, 1.82) is 0 Å². The summed E-state index contributed by atoms with van der Waals surface area (Å²) in [5, 5.41) is 3.17. The van der Waals surface area contributed by atoms with Crippen LogP contribution in [-0.4, -0.2) is 5.78 Å². The average Bonchev–Trinajstić information content (AvgIpc) is 2.22. The number of carbonyl (C=O) groups is 1. The molecule has 1 aromatic rings. The predicted molar refractivity (Wildman–Crippen MR) is 69.7 cm³/mol. The van der Waals surface area contributed by atoms with Gasteiger partial charge in [-0.3, -0.25) is 4.79 Å². The maximum atomic E-state index is 12.9. The first kappa shape index (κ1) is 11.6. The fourth-order valence-electron chi connectivity index (χ4n) is 1.65. The van der Waals surface area contributed by atoms with E-state index < -0.39 is 0 Å². The van der Waals surface area contributed by atoms with Crippen molar-refractivity contribution in [3.05, 3.63) is 39.4 Å². The number of hydrogen-bond donors (Lipinski definition) is 1. The number of allylic oxidation sites excluding steroid dienone is 2. The van der Waals surface area contributed by atoms with Gasteiger partial charge in [-0.1, -0.05) is 0 Å². The summed E-state index contributed by atoms with van der Waals surface area (Å²) in [4.78, 5) is 11.2. The average molecular weight is 331 g/mol. The van der Waals surface area contributed by atoms with Gasteiger partial charge in [0, 0.05) is 21.8 Å². The highest BCUT2D eigenvalue weighted by molar-refractivity contribution is 14.1. The minimum Gasteiger partial charge on any atom is -0.358 e. The molecule has 2 rings (SSSR count). The molecule has 0 aliphatic heterocycles. The monoisotopic (exact) mass is 331 g/mol. The van der Waals surface area contributed by atoms with Crippen LogP contribution in [0.1, 0.15) is 19.3 Å². The zero-order valence-electron chi connectivity index (χ0n) is 8.59. The zero-order valence-corrected chi connectivity index (χ0v) is 10.8. The molecular formula is C12H11FINO. The van der Waals surface area contributed by atoms with Gasteiger partial charge in [0.15, 0.2) is 5.78 Å². The van der Waals surface area contributed by atoms with Crippen LogP contribution >= 0.6 is 22.6 Å². The third kappa shape index (κ3) is 2.81. The van der Waals surface area contributed by atoms with E-state index in [1.54, 1.807) is 12.1 Å². The molecule has 0 spiro atoms. The Morgan fingerprint density at radius 1 is 1.31 bits per heavy atom. The summed E-state index contributed by atoms with van der Waals surface area (Å²) in [6, 6.07) is 4.57. The van der Waals surface area contributed by atoms with E-state index in [1.165, 1.54) is 12.1 Å². The van der Waals surface area contributed by atoms with Gasteiger partial charge in [-0.2, -0.15) is 0 Å². The Morgan fingerprint density at radius 2 is 2.12 bits per heavy atom. The lowest BCUT2D eigenvalue weighted by Crippen LogP contribution is -2.09. The Morgan fingerprint density at radius 3 is 2.81 bits per heavy atom. The standard InChI is InChI=1S/C12H11FINO/c13-8-4-5-12(11(14)6-8)15-9-2-1-3-10(16)7-9/h4-7,15H,1-3H2. The van der Waals surface area contributed by atoms with Crippen molar-refractivity contribution in [3.63, 3.8) is 0 Å². The Bertz CT molecular complexity index is 456. The Hall–Kier alpha value is -0.910. The van der Waals surface area contributed by atoms with Gasteiger partial charge >= 0.3 is 0 Å². The van der Waals surface area contributed by atoms with Gasteiger partial charge in [-0.05, 0) is 53.6 Å². The van der Waals surface area contributed by atoms with Crippen LogP contribution in [0.25, 0.3) is 0 Å². The van der Waals surface area contributed by atoms with Gasteiger partial charge in [-0.15, -0.1) is 0 Å². The van der Waals surface area contributed by atoms with E-state index in [-0.39, 0.29) is 11.6 Å². The molecule has 16 heavy (non-hydrogen) atoms. The van der Waals surface area contributed by atoms with Crippen LogP contribution < -0.4 is 5.32 Å². The third-order valence-electron chi connectivity index (χ3n) is 2.43. The van der Waals surface area contributed by atoms with Crippen LogP contribution in [-0.2, 0) is 4.79 Å². The van der Waals surface area contributed by atoms with E-state index in [4.69, 9.17) is 0 Å². The molecule has 0 saturated heterocycles. The van der Waals surface area contributed by atoms with Crippen LogP contribution in [0.2, 0.25) is 0 Å². The molecule has 0 aromatic heterocycles. The van der Waals surface area contributed by atoms with Crippen molar-refractivity contribution in [3.8, 4) is 0 Å². The summed E-state index contributed by atoms with van der Waals surface area (Å²) in [5.41, 5.74) is 1.77. The molecule has 0 amide bonds. The predicted octanol–water partition coefficient (Wildman–Crippen LogP) is 3.48. The molecule has 0 atom stereocenters. The van der Waals surface area contributed by atoms with Gasteiger partial charge < -0.3 is 5.32 Å². The van der Waals surface area contributed by atoms with Crippen molar-refractivity contribution in [1.82, 2.24) is 0 Å². The second-order valence-corrected chi connectivity index (χ2v) is 4.90. The zero-order chi connectivity index (χ0) is 11.5. The molecule has 2 nitrogen and oxygen atoms in total. The van der Waals surface area contributed by atoms with E-state index in [2.05, 4.69) is 27.9 Å². The highest BCUT2D eigenvalue weighted by atomic mass is 127. The molecule has 0 saturated carbocycles. The first-order valence-corrected chi connectivity index (χ1v) is 6.18. The summed E-state index contributed by atoms with van der Waals surface area (Å²) in [7, 11) is 0. The molecule has 0 fully saturated rings. The molecule has 1 aliphatic rings. The topological polar surface area (TPSA) is 29.1 Å².